The molecule has 0 saturated carbocycles. The van der Waals surface area contributed by atoms with Crippen LogP contribution in [0.2, 0.25) is 0 Å². The topological polar surface area (TPSA) is 27.7 Å². The Bertz CT molecular complexity index is 637. The summed E-state index contributed by atoms with van der Waals surface area (Å²) in [6, 6.07) is 14.7. The van der Waals surface area contributed by atoms with Crippen molar-refractivity contribution in [3.8, 4) is 16.9 Å². The van der Waals surface area contributed by atoms with Crippen LogP contribution < -0.4 is 4.74 Å². The Hall–Kier alpha value is -1.84. The number of hydrogen-bond donors (Lipinski definition) is 0. The van der Waals surface area contributed by atoms with Gasteiger partial charge in [-0.15, -0.1) is 0 Å². The molecule has 1 heterocycles. The Kier molecular flexibility index (Phi) is 4.69. The molecule has 0 aliphatic carbocycles. The molecule has 0 N–H and O–H groups in total. The molecule has 1 saturated heterocycles. The van der Waals surface area contributed by atoms with Crippen LogP contribution in [0.1, 0.15) is 11.1 Å². The van der Waals surface area contributed by atoms with Crippen LogP contribution in [0.5, 0.6) is 5.75 Å². The standard InChI is InChI=1S/C20H24O3/c1-15-9-18(23-14-20(11-21-3)12-22-13-20)10-16(2)19(15)17-7-5-4-6-8-17/h4-10H,11-14H2,1-3H3. The van der Waals surface area contributed by atoms with E-state index in [0.717, 1.165) is 5.75 Å². The Balaban J connectivity index is 1.77. The summed E-state index contributed by atoms with van der Waals surface area (Å²) in [7, 11) is 1.73. The highest BCUT2D eigenvalue weighted by atomic mass is 16.5. The Morgan fingerprint density at radius 2 is 1.65 bits per heavy atom. The average Bonchev–Trinajstić information content (AvgIpc) is 2.50. The lowest BCUT2D eigenvalue weighted by atomic mass is 9.88. The summed E-state index contributed by atoms with van der Waals surface area (Å²) in [6.45, 7) is 7.00. The summed E-state index contributed by atoms with van der Waals surface area (Å²) in [4.78, 5) is 0. The smallest absolute Gasteiger partial charge is 0.119 e. The molecule has 0 spiro atoms. The van der Waals surface area contributed by atoms with Crippen molar-refractivity contribution in [2.45, 2.75) is 13.8 Å². The lowest BCUT2D eigenvalue weighted by molar-refractivity contribution is -0.159. The molecule has 2 aromatic carbocycles. The van der Waals surface area contributed by atoms with Crippen molar-refractivity contribution >= 4 is 0 Å². The molecular weight excluding hydrogens is 288 g/mol. The first-order valence-corrected chi connectivity index (χ1v) is 8.00. The molecule has 1 aliphatic rings. The van der Waals surface area contributed by atoms with Gasteiger partial charge in [-0.1, -0.05) is 30.3 Å². The van der Waals surface area contributed by atoms with Crippen molar-refractivity contribution in [1.29, 1.82) is 0 Å². The van der Waals surface area contributed by atoms with Gasteiger partial charge in [0.15, 0.2) is 0 Å². The van der Waals surface area contributed by atoms with Crippen LogP contribution in [0.25, 0.3) is 11.1 Å². The summed E-state index contributed by atoms with van der Waals surface area (Å²) in [5, 5.41) is 0. The van der Waals surface area contributed by atoms with Crippen molar-refractivity contribution in [3.05, 3.63) is 53.6 Å². The van der Waals surface area contributed by atoms with Gasteiger partial charge < -0.3 is 14.2 Å². The van der Waals surface area contributed by atoms with Crippen molar-refractivity contribution in [1.82, 2.24) is 0 Å². The molecule has 3 heteroatoms. The molecule has 0 radical (unpaired) electrons. The molecule has 3 nitrogen and oxygen atoms in total. The molecule has 23 heavy (non-hydrogen) atoms. The van der Waals surface area contributed by atoms with E-state index in [9.17, 15) is 0 Å². The van der Waals surface area contributed by atoms with Crippen molar-refractivity contribution in [2.24, 2.45) is 5.41 Å². The van der Waals surface area contributed by atoms with Crippen molar-refractivity contribution in [2.75, 3.05) is 33.5 Å². The predicted octanol–water partition coefficient (Wildman–Crippen LogP) is 4.01. The third-order valence-corrected chi connectivity index (χ3v) is 4.38. The minimum Gasteiger partial charge on any atom is -0.493 e. The molecule has 0 bridgehead atoms. The zero-order chi connectivity index (χ0) is 16.3. The number of benzene rings is 2. The molecule has 0 atom stereocenters. The molecule has 3 rings (SSSR count). The number of aryl methyl sites for hydroxylation is 2. The van der Waals surface area contributed by atoms with Gasteiger partial charge in [-0.2, -0.15) is 0 Å². The Morgan fingerprint density at radius 3 is 2.17 bits per heavy atom. The summed E-state index contributed by atoms with van der Waals surface area (Å²) < 4.78 is 16.7. The minimum absolute atomic E-state index is 0.00859. The fourth-order valence-corrected chi connectivity index (χ4v) is 3.21. The van der Waals surface area contributed by atoms with E-state index in [0.29, 0.717) is 26.4 Å². The highest BCUT2D eigenvalue weighted by Crippen LogP contribution is 2.33. The van der Waals surface area contributed by atoms with Gasteiger partial charge in [0.2, 0.25) is 0 Å². The van der Waals surface area contributed by atoms with E-state index in [2.05, 4.69) is 50.2 Å². The third kappa shape index (κ3) is 3.41. The molecule has 0 aromatic heterocycles. The second-order valence-electron chi connectivity index (χ2n) is 6.51. The van der Waals surface area contributed by atoms with Crippen molar-refractivity contribution in [3.63, 3.8) is 0 Å². The SMILES string of the molecule is COCC1(COc2cc(C)c(-c3ccccc3)c(C)c2)COC1. The van der Waals surface area contributed by atoms with Gasteiger partial charge >= 0.3 is 0 Å². The molecule has 122 valence electrons. The van der Waals surface area contributed by atoms with Gasteiger partial charge in [-0.3, -0.25) is 0 Å². The number of rotatable bonds is 6. The number of methoxy groups -OCH3 is 1. The largest absolute Gasteiger partial charge is 0.493 e. The summed E-state index contributed by atoms with van der Waals surface area (Å²) >= 11 is 0. The first kappa shape index (κ1) is 16.0. The van der Waals surface area contributed by atoms with Gasteiger partial charge in [-0.05, 0) is 48.2 Å². The first-order chi connectivity index (χ1) is 11.1. The monoisotopic (exact) mass is 312 g/mol. The summed E-state index contributed by atoms with van der Waals surface area (Å²) in [6.07, 6.45) is 0. The quantitative estimate of drug-likeness (QED) is 0.806. The van der Waals surface area contributed by atoms with E-state index < -0.39 is 0 Å². The molecule has 1 fully saturated rings. The zero-order valence-corrected chi connectivity index (χ0v) is 14.1. The Labute approximate surface area is 138 Å². The maximum atomic E-state index is 6.06. The van der Waals surface area contributed by atoms with E-state index in [1.807, 2.05) is 6.07 Å². The van der Waals surface area contributed by atoms with E-state index in [4.69, 9.17) is 14.2 Å². The van der Waals surface area contributed by atoms with Gasteiger partial charge in [0.25, 0.3) is 0 Å². The van der Waals surface area contributed by atoms with Gasteiger partial charge in [0.1, 0.15) is 12.4 Å². The lowest BCUT2D eigenvalue weighted by Crippen LogP contribution is -2.50. The lowest BCUT2D eigenvalue weighted by Gasteiger charge is -2.40. The van der Waals surface area contributed by atoms with Crippen LogP contribution in [-0.4, -0.2) is 33.5 Å². The van der Waals surface area contributed by atoms with Gasteiger partial charge in [-0.25, -0.2) is 0 Å². The van der Waals surface area contributed by atoms with E-state index >= 15 is 0 Å². The van der Waals surface area contributed by atoms with Crippen LogP contribution in [0.15, 0.2) is 42.5 Å². The molecular formula is C20H24O3. The highest BCUT2D eigenvalue weighted by molar-refractivity contribution is 5.71. The van der Waals surface area contributed by atoms with Gasteiger partial charge in [0, 0.05) is 7.11 Å². The number of hydrogen-bond acceptors (Lipinski definition) is 3. The molecule has 0 amide bonds. The summed E-state index contributed by atoms with van der Waals surface area (Å²) in [5.74, 6) is 0.919. The molecule has 0 unspecified atom stereocenters. The van der Waals surface area contributed by atoms with E-state index in [1.165, 1.54) is 22.3 Å². The second kappa shape index (κ2) is 6.73. The van der Waals surface area contributed by atoms with Crippen LogP contribution in [0, 0.1) is 19.3 Å². The van der Waals surface area contributed by atoms with E-state index in [-0.39, 0.29) is 5.41 Å². The fourth-order valence-electron chi connectivity index (χ4n) is 3.21. The Morgan fingerprint density at radius 1 is 1.00 bits per heavy atom. The first-order valence-electron chi connectivity index (χ1n) is 8.00. The normalized spacial score (nSPS) is 16.0. The average molecular weight is 312 g/mol. The number of ether oxygens (including phenoxy) is 3. The predicted molar refractivity (Wildman–Crippen MR) is 92.0 cm³/mol. The van der Waals surface area contributed by atoms with Crippen LogP contribution in [0.4, 0.5) is 0 Å². The van der Waals surface area contributed by atoms with Crippen LogP contribution in [-0.2, 0) is 9.47 Å². The maximum Gasteiger partial charge on any atom is 0.119 e. The van der Waals surface area contributed by atoms with Crippen LogP contribution in [0.3, 0.4) is 0 Å². The van der Waals surface area contributed by atoms with Crippen molar-refractivity contribution < 1.29 is 14.2 Å². The molecule has 1 aliphatic heterocycles. The second-order valence-corrected chi connectivity index (χ2v) is 6.51. The molecule has 2 aromatic rings. The zero-order valence-electron chi connectivity index (χ0n) is 14.1. The highest BCUT2D eigenvalue weighted by Gasteiger charge is 2.39. The van der Waals surface area contributed by atoms with Crippen LogP contribution >= 0.6 is 0 Å². The fraction of sp³-hybridized carbons (Fsp3) is 0.400. The third-order valence-electron chi connectivity index (χ3n) is 4.38. The maximum absolute atomic E-state index is 6.06. The van der Waals surface area contributed by atoms with E-state index in [1.54, 1.807) is 7.11 Å². The van der Waals surface area contributed by atoms with Gasteiger partial charge in [0.05, 0.1) is 25.2 Å². The minimum atomic E-state index is 0.00859. The summed E-state index contributed by atoms with van der Waals surface area (Å²) in [5.41, 5.74) is 5.01.